The van der Waals surface area contributed by atoms with Gasteiger partial charge < -0.3 is 14.7 Å². The number of carbonyl (C=O) groups is 4. The SMILES string of the molecule is COc1ccc([C@@]23C(=O)N(Nc4ccc(Cl)cc4Cl)C(=O)[C@@H]2C[C@@H]2C(=CC[C@@H]4C(=O)N(c5cc([N+](=O)[O-])c(N(C)C)c([N+](=O)[O-])c5)C(=O)[C@@H]42)[C@@H]3c2ccc(O)c(C)c2)cc1. The molecule has 2 N–H and O–H groups in total. The molecule has 0 unspecified atom stereocenters. The zero-order valence-corrected chi connectivity index (χ0v) is 33.9. The van der Waals surface area contributed by atoms with Gasteiger partial charge in [-0.2, -0.15) is 5.01 Å². The lowest BCUT2D eigenvalue weighted by molar-refractivity contribution is -0.392. The molecule has 3 fully saturated rings. The fraction of sp³-hybridized carbons (Fsp3) is 0.286. The number of fused-ring (bicyclic) bond motifs is 4. The van der Waals surface area contributed by atoms with E-state index in [9.17, 15) is 34.9 Å². The summed E-state index contributed by atoms with van der Waals surface area (Å²) in [6.45, 7) is 1.69. The Bertz CT molecular complexity index is 2560. The first-order valence-electron chi connectivity index (χ1n) is 18.8. The lowest BCUT2D eigenvalue weighted by atomic mass is 9.49. The third-order valence-electron chi connectivity index (χ3n) is 12.3. The summed E-state index contributed by atoms with van der Waals surface area (Å²) < 4.78 is 5.45. The van der Waals surface area contributed by atoms with Gasteiger partial charge in [-0.15, -0.1) is 0 Å². The monoisotopic (exact) mass is 854 g/mol. The van der Waals surface area contributed by atoms with Crippen LogP contribution in [-0.2, 0) is 24.6 Å². The number of hydrazine groups is 1. The summed E-state index contributed by atoms with van der Waals surface area (Å²) in [7, 11) is 4.30. The van der Waals surface area contributed by atoms with E-state index in [1.165, 1.54) is 44.3 Å². The van der Waals surface area contributed by atoms with Crippen LogP contribution in [0.4, 0.5) is 28.4 Å². The molecular weight excluding hydrogens is 819 g/mol. The fourth-order valence-electron chi connectivity index (χ4n) is 9.79. The third-order valence-corrected chi connectivity index (χ3v) is 12.8. The van der Waals surface area contributed by atoms with E-state index < -0.39 is 79.9 Å². The molecule has 2 saturated heterocycles. The van der Waals surface area contributed by atoms with Crippen LogP contribution in [0.5, 0.6) is 11.5 Å². The highest BCUT2D eigenvalue weighted by molar-refractivity contribution is 6.36. The maximum Gasteiger partial charge on any atom is 0.301 e. The number of hydrogen-bond acceptors (Lipinski definition) is 12. The smallest absolute Gasteiger partial charge is 0.301 e. The van der Waals surface area contributed by atoms with E-state index in [2.05, 4.69) is 5.43 Å². The first-order valence-corrected chi connectivity index (χ1v) is 19.5. The number of anilines is 3. The van der Waals surface area contributed by atoms with E-state index in [1.807, 2.05) is 6.08 Å². The molecule has 18 heteroatoms. The average molecular weight is 856 g/mol. The number of phenols is 1. The first kappa shape index (κ1) is 40.3. The van der Waals surface area contributed by atoms with E-state index >= 15 is 9.59 Å². The number of nitro groups is 2. The van der Waals surface area contributed by atoms with Crippen molar-refractivity contribution in [2.24, 2.45) is 23.7 Å². The second-order valence-electron chi connectivity index (χ2n) is 15.5. The van der Waals surface area contributed by atoms with Gasteiger partial charge in [-0.3, -0.25) is 44.8 Å². The predicted octanol–water partition coefficient (Wildman–Crippen LogP) is 7.09. The van der Waals surface area contributed by atoms with Crippen molar-refractivity contribution in [3.63, 3.8) is 0 Å². The van der Waals surface area contributed by atoms with Crippen molar-refractivity contribution >= 4 is 75.3 Å². The van der Waals surface area contributed by atoms with Gasteiger partial charge >= 0.3 is 11.4 Å². The largest absolute Gasteiger partial charge is 0.508 e. The van der Waals surface area contributed by atoms with Gasteiger partial charge in [0.2, 0.25) is 11.8 Å². The van der Waals surface area contributed by atoms with Crippen molar-refractivity contribution in [2.45, 2.75) is 31.1 Å². The predicted molar refractivity (Wildman–Crippen MR) is 220 cm³/mol. The summed E-state index contributed by atoms with van der Waals surface area (Å²) in [4.78, 5) is 84.6. The maximum atomic E-state index is 15.5. The Labute approximate surface area is 352 Å². The number of benzene rings is 4. The molecule has 1 saturated carbocycles. The van der Waals surface area contributed by atoms with Crippen molar-refractivity contribution in [3.05, 3.63) is 131 Å². The highest BCUT2D eigenvalue weighted by Gasteiger charge is 2.70. The molecule has 6 atom stereocenters. The van der Waals surface area contributed by atoms with E-state index in [4.69, 9.17) is 27.9 Å². The highest BCUT2D eigenvalue weighted by Crippen LogP contribution is 2.64. The Balaban J connectivity index is 1.32. The molecule has 8 rings (SSSR count). The van der Waals surface area contributed by atoms with Crippen molar-refractivity contribution in [2.75, 3.05) is 36.4 Å². The minimum atomic E-state index is -1.66. The highest BCUT2D eigenvalue weighted by atomic mass is 35.5. The Morgan fingerprint density at radius 3 is 2.13 bits per heavy atom. The molecule has 0 bridgehead atoms. The van der Waals surface area contributed by atoms with Gasteiger partial charge in [-0.25, -0.2) is 4.90 Å². The van der Waals surface area contributed by atoms with E-state index in [1.54, 1.807) is 49.4 Å². The number of allylic oxidation sites excluding steroid dienone is 2. The number of phenolic OH excluding ortho intramolecular Hbond substituents is 1. The Morgan fingerprint density at radius 2 is 1.55 bits per heavy atom. The zero-order valence-electron chi connectivity index (χ0n) is 32.4. The quantitative estimate of drug-likeness (QED) is 0.0750. The number of rotatable bonds is 9. The van der Waals surface area contributed by atoms with Crippen LogP contribution in [0, 0.1) is 50.8 Å². The number of imide groups is 2. The average Bonchev–Trinajstić information content (AvgIpc) is 3.59. The molecule has 0 spiro atoms. The van der Waals surface area contributed by atoms with E-state index in [0.717, 1.165) is 22.0 Å². The number of aromatic hydroxyl groups is 1. The van der Waals surface area contributed by atoms with Crippen LogP contribution >= 0.6 is 23.2 Å². The van der Waals surface area contributed by atoms with Gasteiger partial charge in [0.25, 0.3) is 11.8 Å². The minimum absolute atomic E-state index is 0.0102. The molecular formula is C42H36Cl2N6O10. The first-order chi connectivity index (χ1) is 28.5. The maximum absolute atomic E-state index is 15.5. The van der Waals surface area contributed by atoms with Crippen LogP contribution in [-0.4, -0.2) is 64.8 Å². The van der Waals surface area contributed by atoms with Crippen molar-refractivity contribution in [1.29, 1.82) is 0 Å². The standard InChI is InChI=1S/C42H36Cl2N6O10/c1-20-15-21(5-14-34(20)51)36-26-11-12-27-35(40(54)47(38(27)52)24-17-32(49(56)57)37(46(2)3)33(18-24)50(58)59)28(26)19-29-39(53)48(45-31-13-8-23(43)16-30(31)44)41(55)42(29,36)22-6-9-25(60-4)10-7-22/h5-11,13-18,27-29,35-36,45,51H,12,19H2,1-4H3/t27-,28+,29-,35-,36-,42+/m0/s1. The summed E-state index contributed by atoms with van der Waals surface area (Å²) in [6.07, 6.45) is 1.74. The number of halogens is 2. The van der Waals surface area contributed by atoms with Crippen LogP contribution < -0.4 is 20.0 Å². The fourth-order valence-corrected chi connectivity index (χ4v) is 10.2. The Morgan fingerprint density at radius 1 is 0.883 bits per heavy atom. The van der Waals surface area contributed by atoms with E-state index in [0.29, 0.717) is 33.0 Å². The Hall–Kier alpha value is -6.52. The van der Waals surface area contributed by atoms with Crippen molar-refractivity contribution < 1.29 is 38.9 Å². The molecule has 4 aromatic rings. The van der Waals surface area contributed by atoms with Gasteiger partial charge in [0, 0.05) is 37.2 Å². The van der Waals surface area contributed by atoms with Gasteiger partial charge in [0.15, 0.2) is 5.69 Å². The van der Waals surface area contributed by atoms with Gasteiger partial charge in [-0.1, -0.05) is 59.1 Å². The number of amides is 4. The number of aryl methyl sites for hydroxylation is 1. The summed E-state index contributed by atoms with van der Waals surface area (Å²) >= 11 is 12.7. The van der Waals surface area contributed by atoms with E-state index in [-0.39, 0.29) is 40.7 Å². The van der Waals surface area contributed by atoms with Crippen LogP contribution in [0.3, 0.4) is 0 Å². The molecule has 308 valence electrons. The number of methoxy groups -OCH3 is 1. The summed E-state index contributed by atoms with van der Waals surface area (Å²) in [5, 5.41) is 36.6. The molecule has 2 aliphatic carbocycles. The third kappa shape index (κ3) is 5.95. The van der Waals surface area contributed by atoms with Crippen LogP contribution in [0.2, 0.25) is 10.0 Å². The lowest BCUT2D eigenvalue weighted by Crippen LogP contribution is -2.53. The molecule has 4 amide bonds. The molecule has 16 nitrogen and oxygen atoms in total. The number of hydrogen-bond donors (Lipinski definition) is 2. The van der Waals surface area contributed by atoms with Crippen LogP contribution in [0.15, 0.2) is 84.4 Å². The molecule has 4 aliphatic rings. The molecule has 60 heavy (non-hydrogen) atoms. The summed E-state index contributed by atoms with van der Waals surface area (Å²) in [5.41, 5.74) is 1.58. The normalized spacial score (nSPS) is 24.4. The number of nitrogens with one attached hydrogen (secondary N) is 1. The molecule has 0 radical (unpaired) electrons. The topological polar surface area (TPSA) is 206 Å². The van der Waals surface area contributed by atoms with Gasteiger partial charge in [0.05, 0.1) is 56.5 Å². The molecule has 0 aromatic heterocycles. The molecule has 2 heterocycles. The van der Waals surface area contributed by atoms with Gasteiger partial charge in [-0.05, 0) is 78.8 Å². The second kappa shape index (κ2) is 14.6. The lowest BCUT2D eigenvalue weighted by Gasteiger charge is -2.50. The minimum Gasteiger partial charge on any atom is -0.508 e. The summed E-state index contributed by atoms with van der Waals surface area (Å²) in [5.74, 6) is -7.29. The second-order valence-corrected chi connectivity index (χ2v) is 16.4. The molecule has 2 aliphatic heterocycles. The number of nitro benzene ring substituents is 2. The number of nitrogens with zero attached hydrogens (tertiary/aromatic N) is 5. The zero-order chi connectivity index (χ0) is 43.1. The van der Waals surface area contributed by atoms with Crippen molar-refractivity contribution in [3.8, 4) is 11.5 Å². The van der Waals surface area contributed by atoms with Crippen molar-refractivity contribution in [1.82, 2.24) is 5.01 Å². The summed E-state index contributed by atoms with van der Waals surface area (Å²) in [6, 6.07) is 18.1. The Kier molecular flexibility index (Phi) is 9.82. The molecule has 4 aromatic carbocycles. The van der Waals surface area contributed by atoms with Crippen LogP contribution in [0.1, 0.15) is 35.4 Å². The van der Waals surface area contributed by atoms with Gasteiger partial charge in [0.1, 0.15) is 11.5 Å². The number of carbonyl (C=O) groups excluding carboxylic acids is 4. The number of ether oxygens (including phenoxy) is 1. The van der Waals surface area contributed by atoms with Crippen LogP contribution in [0.25, 0.3) is 0 Å².